The maximum Gasteiger partial charge on any atom is 0.332 e. The van der Waals surface area contributed by atoms with Gasteiger partial charge in [0.25, 0.3) is 5.56 Å². The summed E-state index contributed by atoms with van der Waals surface area (Å²) in [6.45, 7) is 1.55. The quantitative estimate of drug-likeness (QED) is 0.309. The topological polar surface area (TPSA) is 109 Å². The molecule has 0 fully saturated rings. The molecule has 0 aliphatic carbocycles. The lowest BCUT2D eigenvalue weighted by molar-refractivity contribution is -0.145. The zero-order chi connectivity index (χ0) is 28.6. The van der Waals surface area contributed by atoms with Crippen LogP contribution in [0.4, 0.5) is 0 Å². The summed E-state index contributed by atoms with van der Waals surface area (Å²) >= 11 is 0. The van der Waals surface area contributed by atoms with E-state index in [2.05, 4.69) is 5.32 Å². The van der Waals surface area contributed by atoms with Gasteiger partial charge in [0.2, 0.25) is 5.91 Å². The highest BCUT2D eigenvalue weighted by molar-refractivity contribution is 5.84. The van der Waals surface area contributed by atoms with E-state index in [1.54, 1.807) is 19.2 Å². The van der Waals surface area contributed by atoms with Crippen LogP contribution in [-0.2, 0) is 33.8 Å². The number of aryl methyl sites for hydroxylation is 1. The normalized spacial score (nSPS) is 11.5. The van der Waals surface area contributed by atoms with Gasteiger partial charge in [0.15, 0.2) is 0 Å². The summed E-state index contributed by atoms with van der Waals surface area (Å²) in [5.41, 5.74) is 2.51. The number of esters is 1. The van der Waals surface area contributed by atoms with E-state index in [0.29, 0.717) is 17.0 Å². The van der Waals surface area contributed by atoms with Gasteiger partial charge in [-0.25, -0.2) is 9.59 Å². The van der Waals surface area contributed by atoms with Crippen molar-refractivity contribution in [2.75, 3.05) is 14.2 Å². The molecule has 0 aliphatic heterocycles. The number of carbonyl (C=O) groups excluding carboxylic acids is 2. The first-order valence-corrected chi connectivity index (χ1v) is 12.7. The second kappa shape index (κ2) is 12.8. The van der Waals surface area contributed by atoms with Crippen molar-refractivity contribution < 1.29 is 19.1 Å². The van der Waals surface area contributed by atoms with Gasteiger partial charge >= 0.3 is 11.7 Å². The third kappa shape index (κ3) is 6.74. The summed E-state index contributed by atoms with van der Waals surface area (Å²) in [5.74, 6) is -0.618. The van der Waals surface area contributed by atoms with E-state index < -0.39 is 35.7 Å². The molecule has 3 aromatic carbocycles. The monoisotopic (exact) mass is 541 g/mol. The summed E-state index contributed by atoms with van der Waals surface area (Å²) in [5, 5.41) is 2.62. The van der Waals surface area contributed by atoms with E-state index in [4.69, 9.17) is 9.47 Å². The van der Waals surface area contributed by atoms with Crippen molar-refractivity contribution in [2.45, 2.75) is 32.5 Å². The molecule has 0 bridgehead atoms. The minimum atomic E-state index is -0.982. The summed E-state index contributed by atoms with van der Waals surface area (Å²) in [7, 11) is 2.80. The molecule has 0 saturated carbocycles. The Balaban J connectivity index is 1.67. The fraction of sp³-hybridized carbons (Fsp3) is 0.226. The van der Waals surface area contributed by atoms with Gasteiger partial charge in [-0.2, -0.15) is 0 Å². The zero-order valence-corrected chi connectivity index (χ0v) is 22.6. The zero-order valence-electron chi connectivity index (χ0n) is 22.6. The molecule has 1 aromatic heterocycles. The van der Waals surface area contributed by atoms with Crippen LogP contribution in [0, 0.1) is 6.92 Å². The Morgan fingerprint density at radius 3 is 2.15 bits per heavy atom. The smallest absolute Gasteiger partial charge is 0.332 e. The Morgan fingerprint density at radius 1 is 0.850 bits per heavy atom. The number of hydrogen-bond acceptors (Lipinski definition) is 6. The van der Waals surface area contributed by atoms with E-state index in [1.165, 1.54) is 17.7 Å². The van der Waals surface area contributed by atoms with Crippen LogP contribution in [0.1, 0.15) is 16.7 Å². The predicted octanol–water partition coefficient (Wildman–Crippen LogP) is 2.94. The molecule has 0 spiro atoms. The van der Waals surface area contributed by atoms with Gasteiger partial charge < -0.3 is 14.8 Å². The second-order valence-electron chi connectivity index (χ2n) is 9.37. The van der Waals surface area contributed by atoms with Gasteiger partial charge in [-0.05, 0) is 35.7 Å². The number of nitrogens with one attached hydrogen (secondary N) is 1. The number of amides is 1. The summed E-state index contributed by atoms with van der Waals surface area (Å²) in [4.78, 5) is 52.3. The van der Waals surface area contributed by atoms with Crippen molar-refractivity contribution in [2.24, 2.45) is 0 Å². The van der Waals surface area contributed by atoms with Crippen molar-refractivity contribution in [3.05, 3.63) is 122 Å². The summed E-state index contributed by atoms with van der Waals surface area (Å²) in [6.07, 6.45) is 0.197. The average molecular weight is 542 g/mol. The first-order valence-electron chi connectivity index (χ1n) is 12.7. The highest BCUT2D eigenvalue weighted by Crippen LogP contribution is 2.19. The molecule has 0 saturated heterocycles. The second-order valence-corrected chi connectivity index (χ2v) is 9.37. The highest BCUT2D eigenvalue weighted by atomic mass is 16.5. The first-order chi connectivity index (χ1) is 19.3. The molecule has 206 valence electrons. The van der Waals surface area contributed by atoms with Gasteiger partial charge in [-0.15, -0.1) is 0 Å². The standard InChI is InChI=1S/C31H31N3O6/c1-21-9-13-24(14-10-21)27-18-29(36)34(31(38)33(27)19-23-11-15-25(39-2)16-12-23)20-28(35)32-26(30(37)40-3)17-22-7-5-4-6-8-22/h4-16,18,26H,17,19-20H2,1-3H3,(H,32,35). The highest BCUT2D eigenvalue weighted by Gasteiger charge is 2.23. The maximum atomic E-state index is 13.7. The molecule has 1 heterocycles. The number of benzene rings is 3. The van der Waals surface area contributed by atoms with Crippen LogP contribution in [0.25, 0.3) is 11.3 Å². The van der Waals surface area contributed by atoms with E-state index in [9.17, 15) is 19.2 Å². The Morgan fingerprint density at radius 2 is 1.52 bits per heavy atom. The van der Waals surface area contributed by atoms with E-state index >= 15 is 0 Å². The van der Waals surface area contributed by atoms with Crippen molar-refractivity contribution in [3.63, 3.8) is 0 Å². The molecule has 1 atom stereocenters. The molecule has 1 amide bonds. The maximum absolute atomic E-state index is 13.7. The third-order valence-corrected chi connectivity index (χ3v) is 6.53. The predicted molar refractivity (Wildman–Crippen MR) is 151 cm³/mol. The number of carbonyl (C=O) groups is 2. The Labute approximate surface area is 231 Å². The fourth-order valence-corrected chi connectivity index (χ4v) is 4.36. The molecule has 40 heavy (non-hydrogen) atoms. The van der Waals surface area contributed by atoms with Crippen molar-refractivity contribution >= 4 is 11.9 Å². The van der Waals surface area contributed by atoms with Crippen LogP contribution in [0.2, 0.25) is 0 Å². The Bertz CT molecular complexity index is 1590. The van der Waals surface area contributed by atoms with Crippen LogP contribution >= 0.6 is 0 Å². The summed E-state index contributed by atoms with van der Waals surface area (Å²) < 4.78 is 12.4. The lowest BCUT2D eigenvalue weighted by Crippen LogP contribution is -2.48. The van der Waals surface area contributed by atoms with Crippen LogP contribution < -0.4 is 21.3 Å². The first kappa shape index (κ1) is 28.1. The SMILES string of the molecule is COC(=O)C(Cc1ccccc1)NC(=O)Cn1c(=O)cc(-c2ccc(C)cc2)n(Cc2ccc(OC)cc2)c1=O. The molecule has 9 nitrogen and oxygen atoms in total. The number of methoxy groups -OCH3 is 2. The van der Waals surface area contributed by atoms with Crippen molar-refractivity contribution in [1.29, 1.82) is 0 Å². The van der Waals surface area contributed by atoms with Crippen LogP contribution in [0.15, 0.2) is 94.5 Å². The van der Waals surface area contributed by atoms with Crippen molar-refractivity contribution in [1.82, 2.24) is 14.5 Å². The van der Waals surface area contributed by atoms with Crippen LogP contribution in [-0.4, -0.2) is 41.3 Å². The molecule has 1 unspecified atom stereocenters. The minimum Gasteiger partial charge on any atom is -0.497 e. The van der Waals surface area contributed by atoms with Gasteiger partial charge in [0.1, 0.15) is 18.3 Å². The largest absolute Gasteiger partial charge is 0.497 e. The van der Waals surface area contributed by atoms with Gasteiger partial charge in [-0.1, -0.05) is 72.3 Å². The number of nitrogens with zero attached hydrogens (tertiary/aromatic N) is 2. The van der Waals surface area contributed by atoms with E-state index in [-0.39, 0.29) is 13.0 Å². The third-order valence-electron chi connectivity index (χ3n) is 6.53. The Hall–Kier alpha value is -4.92. The minimum absolute atomic E-state index is 0.159. The molecular formula is C31H31N3O6. The van der Waals surface area contributed by atoms with E-state index in [0.717, 1.165) is 21.3 Å². The molecular weight excluding hydrogens is 510 g/mol. The Kier molecular flexibility index (Phi) is 8.96. The van der Waals surface area contributed by atoms with Crippen molar-refractivity contribution in [3.8, 4) is 17.0 Å². The number of ether oxygens (including phenoxy) is 2. The molecule has 0 radical (unpaired) electrons. The molecule has 1 N–H and O–H groups in total. The van der Waals surface area contributed by atoms with Gasteiger partial charge in [0.05, 0.1) is 26.5 Å². The average Bonchev–Trinajstić information content (AvgIpc) is 2.97. The molecule has 9 heteroatoms. The van der Waals surface area contributed by atoms with Crippen LogP contribution in [0.3, 0.4) is 0 Å². The van der Waals surface area contributed by atoms with Gasteiger partial charge in [0, 0.05) is 12.5 Å². The van der Waals surface area contributed by atoms with E-state index in [1.807, 2.05) is 73.7 Å². The lowest BCUT2D eigenvalue weighted by Gasteiger charge is -2.18. The number of aromatic nitrogens is 2. The van der Waals surface area contributed by atoms with Gasteiger partial charge in [-0.3, -0.25) is 18.7 Å². The lowest BCUT2D eigenvalue weighted by atomic mass is 10.1. The fourth-order valence-electron chi connectivity index (χ4n) is 4.36. The molecule has 4 aromatic rings. The molecule has 0 aliphatic rings. The van der Waals surface area contributed by atoms with Crippen LogP contribution in [0.5, 0.6) is 5.75 Å². The molecule has 4 rings (SSSR count). The number of rotatable bonds is 10. The summed E-state index contributed by atoms with van der Waals surface area (Å²) in [6, 6.07) is 24.2. The number of hydrogen-bond donors (Lipinski definition) is 1.